The maximum atomic E-state index is 12.8. The molecule has 22 heavy (non-hydrogen) atoms. The fourth-order valence-electron chi connectivity index (χ4n) is 3.50. The van der Waals surface area contributed by atoms with Gasteiger partial charge in [-0.05, 0) is 49.9 Å². The fourth-order valence-corrected chi connectivity index (χ4v) is 3.50. The summed E-state index contributed by atoms with van der Waals surface area (Å²) in [6, 6.07) is 8.39. The van der Waals surface area contributed by atoms with Crippen LogP contribution in [0.25, 0.3) is 0 Å². The molecule has 2 saturated heterocycles. The van der Waals surface area contributed by atoms with Crippen molar-refractivity contribution in [3.05, 3.63) is 29.8 Å². The highest BCUT2D eigenvalue weighted by atomic mass is 35.5. The molecule has 0 bridgehead atoms. The molecule has 0 aliphatic carbocycles. The van der Waals surface area contributed by atoms with Gasteiger partial charge in [-0.1, -0.05) is 12.1 Å². The van der Waals surface area contributed by atoms with Gasteiger partial charge in [0.25, 0.3) is 0 Å². The minimum absolute atomic E-state index is 0. The van der Waals surface area contributed by atoms with Crippen molar-refractivity contribution in [2.24, 2.45) is 5.92 Å². The predicted octanol–water partition coefficient (Wildman–Crippen LogP) is 2.78. The average Bonchev–Trinajstić information content (AvgIpc) is 3.04. The van der Waals surface area contributed by atoms with E-state index in [0.29, 0.717) is 5.91 Å². The number of hydrogen-bond acceptors (Lipinski definition) is 3. The van der Waals surface area contributed by atoms with Crippen molar-refractivity contribution >= 4 is 18.3 Å². The number of benzene rings is 1. The molecule has 0 spiro atoms. The Morgan fingerprint density at radius 2 is 2.00 bits per heavy atom. The van der Waals surface area contributed by atoms with Crippen LogP contribution in [-0.2, 0) is 4.79 Å². The molecular weight excluding hydrogens is 300 g/mol. The summed E-state index contributed by atoms with van der Waals surface area (Å²) in [4.78, 5) is 14.9. The lowest BCUT2D eigenvalue weighted by Crippen LogP contribution is -2.42. The molecule has 1 N–H and O–H groups in total. The van der Waals surface area contributed by atoms with E-state index >= 15 is 0 Å². The van der Waals surface area contributed by atoms with Crippen molar-refractivity contribution < 1.29 is 9.53 Å². The van der Waals surface area contributed by atoms with Gasteiger partial charge in [0.1, 0.15) is 5.75 Å². The van der Waals surface area contributed by atoms with Crippen LogP contribution in [0, 0.1) is 5.92 Å². The number of nitrogens with one attached hydrogen (secondary N) is 1. The zero-order valence-electron chi connectivity index (χ0n) is 13.1. The maximum absolute atomic E-state index is 12.8. The predicted molar refractivity (Wildman–Crippen MR) is 89.5 cm³/mol. The minimum atomic E-state index is 0. The van der Waals surface area contributed by atoms with E-state index < -0.39 is 0 Å². The Morgan fingerprint density at radius 3 is 2.64 bits per heavy atom. The molecule has 4 nitrogen and oxygen atoms in total. The van der Waals surface area contributed by atoms with E-state index in [0.717, 1.165) is 51.1 Å². The van der Waals surface area contributed by atoms with Gasteiger partial charge in [0.05, 0.1) is 19.1 Å². The van der Waals surface area contributed by atoms with Crippen LogP contribution in [0.5, 0.6) is 5.75 Å². The number of piperidine rings is 1. The van der Waals surface area contributed by atoms with Gasteiger partial charge in [0, 0.05) is 13.1 Å². The van der Waals surface area contributed by atoms with E-state index in [1.807, 2.05) is 12.1 Å². The normalized spacial score (nSPS) is 24.7. The first-order chi connectivity index (χ1) is 10.3. The second kappa shape index (κ2) is 7.84. The minimum Gasteiger partial charge on any atom is -0.497 e. The highest BCUT2D eigenvalue weighted by Gasteiger charge is 2.34. The summed E-state index contributed by atoms with van der Waals surface area (Å²) in [5, 5.41) is 3.34. The number of ether oxygens (including phenoxy) is 1. The Kier molecular flexibility index (Phi) is 6.09. The van der Waals surface area contributed by atoms with E-state index in [2.05, 4.69) is 22.3 Å². The Labute approximate surface area is 138 Å². The van der Waals surface area contributed by atoms with Gasteiger partial charge in [-0.25, -0.2) is 0 Å². The van der Waals surface area contributed by atoms with Crippen LogP contribution in [0.4, 0.5) is 0 Å². The highest BCUT2D eigenvalue weighted by molar-refractivity contribution is 5.85. The van der Waals surface area contributed by atoms with Crippen molar-refractivity contribution in [1.82, 2.24) is 10.2 Å². The molecule has 122 valence electrons. The summed E-state index contributed by atoms with van der Waals surface area (Å²) in [5.41, 5.74) is 1.23. The first-order valence-corrected chi connectivity index (χ1v) is 7.95. The molecule has 2 heterocycles. The SMILES string of the molecule is COc1ccc(C2CCCN2C(=O)[C@@H]2CCCNC2)cc1.Cl. The Hall–Kier alpha value is -1.26. The van der Waals surface area contributed by atoms with Crippen LogP contribution in [-0.4, -0.2) is 37.6 Å². The molecule has 0 saturated carbocycles. The largest absolute Gasteiger partial charge is 0.497 e. The van der Waals surface area contributed by atoms with Gasteiger partial charge >= 0.3 is 0 Å². The average molecular weight is 325 g/mol. The molecule has 2 aliphatic heterocycles. The van der Waals surface area contributed by atoms with E-state index in [1.54, 1.807) is 7.11 Å². The molecule has 1 aromatic carbocycles. The maximum Gasteiger partial charge on any atom is 0.227 e. The highest BCUT2D eigenvalue weighted by Crippen LogP contribution is 2.34. The Bertz CT molecular complexity index is 486. The third-order valence-electron chi connectivity index (χ3n) is 4.68. The molecular formula is C17H25ClN2O2. The first-order valence-electron chi connectivity index (χ1n) is 7.95. The van der Waals surface area contributed by atoms with Crippen LogP contribution in [0.15, 0.2) is 24.3 Å². The summed E-state index contributed by atoms with van der Waals surface area (Å²) < 4.78 is 5.21. The second-order valence-corrected chi connectivity index (χ2v) is 6.01. The topological polar surface area (TPSA) is 41.6 Å². The number of carbonyl (C=O) groups excluding carboxylic acids is 1. The summed E-state index contributed by atoms with van der Waals surface area (Å²) in [6.07, 6.45) is 4.30. The zero-order chi connectivity index (χ0) is 14.7. The quantitative estimate of drug-likeness (QED) is 0.929. The third kappa shape index (κ3) is 3.55. The van der Waals surface area contributed by atoms with Crippen LogP contribution in [0.1, 0.15) is 37.3 Å². The monoisotopic (exact) mass is 324 g/mol. The van der Waals surface area contributed by atoms with E-state index in [1.165, 1.54) is 5.56 Å². The van der Waals surface area contributed by atoms with Crippen molar-refractivity contribution in [2.75, 3.05) is 26.7 Å². The lowest BCUT2D eigenvalue weighted by atomic mass is 9.96. The molecule has 1 amide bonds. The number of rotatable bonds is 3. The zero-order valence-corrected chi connectivity index (χ0v) is 13.9. The van der Waals surface area contributed by atoms with Crippen molar-refractivity contribution in [3.63, 3.8) is 0 Å². The van der Waals surface area contributed by atoms with Crippen LogP contribution < -0.4 is 10.1 Å². The fraction of sp³-hybridized carbons (Fsp3) is 0.588. The van der Waals surface area contributed by atoms with Gasteiger partial charge in [0.15, 0.2) is 0 Å². The van der Waals surface area contributed by atoms with E-state index in [4.69, 9.17) is 4.74 Å². The Balaban J connectivity index is 0.00000176. The number of nitrogens with zero attached hydrogens (tertiary/aromatic N) is 1. The molecule has 0 aromatic heterocycles. The summed E-state index contributed by atoms with van der Waals surface area (Å²) >= 11 is 0. The molecule has 5 heteroatoms. The summed E-state index contributed by atoms with van der Waals surface area (Å²) in [7, 11) is 1.68. The van der Waals surface area contributed by atoms with Crippen LogP contribution in [0.3, 0.4) is 0 Å². The molecule has 2 aliphatic rings. The first kappa shape index (κ1) is 17.1. The third-order valence-corrected chi connectivity index (χ3v) is 4.68. The van der Waals surface area contributed by atoms with Crippen molar-refractivity contribution in [1.29, 1.82) is 0 Å². The van der Waals surface area contributed by atoms with Gasteiger partial charge in [-0.3, -0.25) is 4.79 Å². The van der Waals surface area contributed by atoms with Crippen LogP contribution in [0.2, 0.25) is 0 Å². The van der Waals surface area contributed by atoms with Crippen molar-refractivity contribution in [2.45, 2.75) is 31.7 Å². The summed E-state index contributed by atoms with van der Waals surface area (Å²) in [5.74, 6) is 1.37. The molecule has 1 unspecified atom stereocenters. The number of likely N-dealkylation sites (tertiary alicyclic amines) is 1. The van der Waals surface area contributed by atoms with E-state index in [9.17, 15) is 4.79 Å². The van der Waals surface area contributed by atoms with Gasteiger partial charge in [0.2, 0.25) is 5.91 Å². The number of amides is 1. The molecule has 0 radical (unpaired) electrons. The number of hydrogen-bond donors (Lipinski definition) is 1. The number of halogens is 1. The van der Waals surface area contributed by atoms with E-state index in [-0.39, 0.29) is 24.4 Å². The Morgan fingerprint density at radius 1 is 1.23 bits per heavy atom. The second-order valence-electron chi connectivity index (χ2n) is 6.01. The number of carbonyl (C=O) groups is 1. The van der Waals surface area contributed by atoms with Crippen LogP contribution >= 0.6 is 12.4 Å². The van der Waals surface area contributed by atoms with Gasteiger partial charge in [-0.15, -0.1) is 12.4 Å². The smallest absolute Gasteiger partial charge is 0.227 e. The van der Waals surface area contributed by atoms with Gasteiger partial charge < -0.3 is 15.0 Å². The van der Waals surface area contributed by atoms with Gasteiger partial charge in [-0.2, -0.15) is 0 Å². The molecule has 2 fully saturated rings. The standard InChI is InChI=1S/C17H24N2O2.ClH/c1-21-15-8-6-13(7-9-15)16-5-3-11-19(16)17(20)14-4-2-10-18-12-14;/h6-9,14,16,18H,2-5,10-12H2,1H3;1H/t14-,16?;/m1./s1. The molecule has 1 aromatic rings. The van der Waals surface area contributed by atoms with Crippen molar-refractivity contribution in [3.8, 4) is 5.75 Å². The molecule has 3 rings (SSSR count). The summed E-state index contributed by atoms with van der Waals surface area (Å²) in [6.45, 7) is 2.78. The molecule has 2 atom stereocenters. The lowest BCUT2D eigenvalue weighted by Gasteiger charge is -2.31. The lowest BCUT2D eigenvalue weighted by molar-refractivity contribution is -0.137. The number of methoxy groups -OCH3 is 1.